The average Bonchev–Trinajstić information content (AvgIpc) is 2.42. The first-order chi connectivity index (χ1) is 9.19. The molecule has 0 aliphatic rings. The summed E-state index contributed by atoms with van der Waals surface area (Å²) in [6.45, 7) is 0. The van der Waals surface area contributed by atoms with Gasteiger partial charge in [-0.1, -0.05) is 12.1 Å². The van der Waals surface area contributed by atoms with Gasteiger partial charge in [0.05, 0.1) is 0 Å². The molecule has 1 aromatic carbocycles. The van der Waals surface area contributed by atoms with Gasteiger partial charge in [-0.05, 0) is 52.2 Å². The van der Waals surface area contributed by atoms with Crippen LogP contribution in [0.25, 0.3) is 0 Å². The number of aromatic nitrogens is 1. The predicted octanol–water partition coefficient (Wildman–Crippen LogP) is 3.88. The zero-order valence-electron chi connectivity index (χ0n) is 10.1. The van der Waals surface area contributed by atoms with Gasteiger partial charge >= 0.3 is 0 Å². The fraction of sp³-hybridized carbons (Fsp3) is 0.143. The van der Waals surface area contributed by atoms with Gasteiger partial charge < -0.3 is 5.32 Å². The van der Waals surface area contributed by atoms with Crippen LogP contribution in [0.5, 0.6) is 0 Å². The topological polar surface area (TPSA) is 42.0 Å². The van der Waals surface area contributed by atoms with Gasteiger partial charge in [0, 0.05) is 22.2 Å². The number of hydrogen-bond acceptors (Lipinski definition) is 2. The van der Waals surface area contributed by atoms with Crippen molar-refractivity contribution in [3.05, 3.63) is 58.3 Å². The molecule has 1 amide bonds. The van der Waals surface area contributed by atoms with Gasteiger partial charge in [-0.2, -0.15) is 0 Å². The fourth-order valence-electron chi connectivity index (χ4n) is 1.57. The SMILES string of the molecule is O=C(Nc1ccc(CCCl)cc1)c1ccc(Br)cn1. The second-order valence-corrected chi connectivity index (χ2v) is 5.25. The van der Waals surface area contributed by atoms with Crippen LogP contribution < -0.4 is 5.32 Å². The summed E-state index contributed by atoms with van der Waals surface area (Å²) in [6.07, 6.45) is 2.42. The summed E-state index contributed by atoms with van der Waals surface area (Å²) in [4.78, 5) is 16.0. The number of halogens is 2. The van der Waals surface area contributed by atoms with E-state index in [1.807, 2.05) is 24.3 Å². The first kappa shape index (κ1) is 14.0. The molecule has 0 spiro atoms. The molecule has 5 heteroatoms. The molecule has 1 aromatic heterocycles. The molecule has 0 unspecified atom stereocenters. The lowest BCUT2D eigenvalue weighted by Gasteiger charge is -2.05. The van der Waals surface area contributed by atoms with Crippen molar-refractivity contribution in [3.8, 4) is 0 Å². The van der Waals surface area contributed by atoms with Gasteiger partial charge in [-0.25, -0.2) is 4.98 Å². The van der Waals surface area contributed by atoms with E-state index in [0.717, 1.165) is 22.1 Å². The highest BCUT2D eigenvalue weighted by molar-refractivity contribution is 9.10. The molecule has 98 valence electrons. The van der Waals surface area contributed by atoms with Gasteiger partial charge in [-0.3, -0.25) is 4.79 Å². The van der Waals surface area contributed by atoms with Crippen molar-refractivity contribution in [2.45, 2.75) is 6.42 Å². The summed E-state index contributed by atoms with van der Waals surface area (Å²) in [6, 6.07) is 11.1. The zero-order chi connectivity index (χ0) is 13.7. The van der Waals surface area contributed by atoms with E-state index in [9.17, 15) is 4.79 Å². The third-order valence-corrected chi connectivity index (χ3v) is 3.21. The first-order valence-corrected chi connectivity index (χ1v) is 7.09. The Morgan fingerprint density at radius 1 is 1.21 bits per heavy atom. The summed E-state index contributed by atoms with van der Waals surface area (Å²) in [7, 11) is 0. The fourth-order valence-corrected chi connectivity index (χ4v) is 2.02. The lowest BCUT2D eigenvalue weighted by Crippen LogP contribution is -2.13. The molecule has 1 N–H and O–H groups in total. The van der Waals surface area contributed by atoms with Crippen molar-refractivity contribution in [3.63, 3.8) is 0 Å². The van der Waals surface area contributed by atoms with Gasteiger partial charge in [-0.15, -0.1) is 11.6 Å². The minimum absolute atomic E-state index is 0.224. The van der Waals surface area contributed by atoms with Crippen molar-refractivity contribution >= 4 is 39.1 Å². The van der Waals surface area contributed by atoms with Gasteiger partial charge in [0.25, 0.3) is 5.91 Å². The Balaban J connectivity index is 2.04. The third-order valence-electron chi connectivity index (χ3n) is 2.55. The Labute approximate surface area is 125 Å². The minimum Gasteiger partial charge on any atom is -0.321 e. The molecule has 0 aliphatic heterocycles. The monoisotopic (exact) mass is 338 g/mol. The number of benzene rings is 1. The van der Waals surface area contributed by atoms with E-state index < -0.39 is 0 Å². The Bertz CT molecular complexity index is 555. The van der Waals surface area contributed by atoms with Gasteiger partial charge in [0.2, 0.25) is 0 Å². The molecule has 0 saturated heterocycles. The van der Waals surface area contributed by atoms with E-state index in [-0.39, 0.29) is 5.91 Å². The number of carbonyl (C=O) groups is 1. The minimum atomic E-state index is -0.224. The standard InChI is InChI=1S/C14H12BrClN2O/c15-11-3-6-13(17-9-11)14(19)18-12-4-1-10(2-5-12)7-8-16/h1-6,9H,7-8H2,(H,18,19). The molecule has 0 bridgehead atoms. The maximum Gasteiger partial charge on any atom is 0.274 e. The number of nitrogens with one attached hydrogen (secondary N) is 1. The number of carbonyl (C=O) groups excluding carboxylic acids is 1. The number of alkyl halides is 1. The number of anilines is 1. The van der Waals surface area contributed by atoms with Crippen LogP contribution in [-0.2, 0) is 6.42 Å². The molecule has 0 radical (unpaired) electrons. The van der Waals surface area contributed by atoms with Crippen molar-refractivity contribution in [2.24, 2.45) is 0 Å². The number of rotatable bonds is 4. The van der Waals surface area contributed by atoms with Crippen LogP contribution in [0.2, 0.25) is 0 Å². The number of pyridine rings is 1. The van der Waals surface area contributed by atoms with Crippen LogP contribution in [0.1, 0.15) is 16.1 Å². The normalized spacial score (nSPS) is 10.2. The molecule has 0 aliphatic carbocycles. The highest BCUT2D eigenvalue weighted by Gasteiger charge is 2.07. The van der Waals surface area contributed by atoms with E-state index in [1.165, 1.54) is 0 Å². The zero-order valence-corrected chi connectivity index (χ0v) is 12.4. The molecule has 19 heavy (non-hydrogen) atoms. The summed E-state index contributed by atoms with van der Waals surface area (Å²) < 4.78 is 0.842. The van der Waals surface area contributed by atoms with Crippen molar-refractivity contribution in [2.75, 3.05) is 11.2 Å². The largest absolute Gasteiger partial charge is 0.321 e. The third kappa shape index (κ3) is 4.04. The summed E-state index contributed by atoms with van der Waals surface area (Å²) in [5.74, 6) is 0.367. The highest BCUT2D eigenvalue weighted by atomic mass is 79.9. The predicted molar refractivity (Wildman–Crippen MR) is 80.8 cm³/mol. The molecule has 1 heterocycles. The van der Waals surface area contributed by atoms with Crippen LogP contribution in [-0.4, -0.2) is 16.8 Å². The Morgan fingerprint density at radius 3 is 2.53 bits per heavy atom. The van der Waals surface area contributed by atoms with Crippen LogP contribution >= 0.6 is 27.5 Å². The average molecular weight is 340 g/mol. The van der Waals surface area contributed by atoms with Crippen LogP contribution in [0.15, 0.2) is 47.1 Å². The Hall–Kier alpha value is -1.39. The number of amides is 1. The summed E-state index contributed by atoms with van der Waals surface area (Å²) >= 11 is 8.95. The molecule has 0 saturated carbocycles. The molecule has 2 rings (SSSR count). The van der Waals surface area contributed by atoms with Crippen LogP contribution in [0.3, 0.4) is 0 Å². The van der Waals surface area contributed by atoms with Gasteiger partial charge in [0.1, 0.15) is 5.69 Å². The lowest BCUT2D eigenvalue weighted by atomic mass is 10.1. The molecular formula is C14H12BrClN2O. The van der Waals surface area contributed by atoms with Crippen molar-refractivity contribution in [1.82, 2.24) is 4.98 Å². The van der Waals surface area contributed by atoms with E-state index in [0.29, 0.717) is 11.6 Å². The lowest BCUT2D eigenvalue weighted by molar-refractivity contribution is 0.102. The van der Waals surface area contributed by atoms with E-state index >= 15 is 0 Å². The molecular weight excluding hydrogens is 328 g/mol. The first-order valence-electron chi connectivity index (χ1n) is 5.77. The van der Waals surface area contributed by atoms with Crippen LogP contribution in [0, 0.1) is 0 Å². The number of nitrogens with zero attached hydrogens (tertiary/aromatic N) is 1. The molecule has 2 aromatic rings. The number of hydrogen-bond donors (Lipinski definition) is 1. The Morgan fingerprint density at radius 2 is 1.95 bits per heavy atom. The van der Waals surface area contributed by atoms with E-state index in [2.05, 4.69) is 26.2 Å². The second kappa shape index (κ2) is 6.68. The van der Waals surface area contributed by atoms with E-state index in [1.54, 1.807) is 18.3 Å². The van der Waals surface area contributed by atoms with E-state index in [4.69, 9.17) is 11.6 Å². The maximum atomic E-state index is 11.9. The van der Waals surface area contributed by atoms with Crippen molar-refractivity contribution in [1.29, 1.82) is 0 Å². The summed E-state index contributed by atoms with van der Waals surface area (Å²) in [5, 5.41) is 2.80. The maximum absolute atomic E-state index is 11.9. The van der Waals surface area contributed by atoms with Gasteiger partial charge in [0.15, 0.2) is 0 Å². The smallest absolute Gasteiger partial charge is 0.274 e. The highest BCUT2D eigenvalue weighted by Crippen LogP contribution is 2.13. The van der Waals surface area contributed by atoms with Crippen molar-refractivity contribution < 1.29 is 4.79 Å². The number of aryl methyl sites for hydroxylation is 1. The second-order valence-electron chi connectivity index (χ2n) is 3.95. The quantitative estimate of drug-likeness (QED) is 0.859. The Kier molecular flexibility index (Phi) is 4.93. The molecule has 0 fully saturated rings. The molecule has 3 nitrogen and oxygen atoms in total. The van der Waals surface area contributed by atoms with Crippen LogP contribution in [0.4, 0.5) is 5.69 Å². The molecule has 0 atom stereocenters. The summed E-state index contributed by atoms with van der Waals surface area (Å²) in [5.41, 5.74) is 2.27.